The zero-order chi connectivity index (χ0) is 8.65. The molecule has 1 aromatic rings. The van der Waals surface area contributed by atoms with Crippen molar-refractivity contribution in [3.05, 3.63) is 13.7 Å². The van der Waals surface area contributed by atoms with Crippen molar-refractivity contribution in [3.63, 3.8) is 0 Å². The number of hydrogen-bond acceptors (Lipinski definition) is 1. The molecule has 0 fully saturated rings. The van der Waals surface area contributed by atoms with E-state index >= 15 is 0 Å². The van der Waals surface area contributed by atoms with E-state index in [1.807, 2.05) is 6.20 Å². The molecular formula is C7H10I2N2. The van der Waals surface area contributed by atoms with Crippen molar-refractivity contribution in [3.8, 4) is 0 Å². The predicted molar refractivity (Wildman–Crippen MR) is 62.7 cm³/mol. The van der Waals surface area contributed by atoms with Crippen LogP contribution in [0, 0.1) is 7.53 Å². The van der Waals surface area contributed by atoms with E-state index in [0.29, 0.717) is 0 Å². The molecule has 1 heterocycles. The molecule has 0 spiro atoms. The first-order valence-electron chi connectivity index (χ1n) is 3.32. The van der Waals surface area contributed by atoms with Gasteiger partial charge in [-0.15, -0.1) is 0 Å². The SMILES string of the molecule is CC(C)(C)n1c(I)cnc1I. The lowest BCUT2D eigenvalue weighted by molar-refractivity contribution is 0.380. The lowest BCUT2D eigenvalue weighted by Gasteiger charge is -2.22. The normalized spacial score (nSPS) is 12.1. The van der Waals surface area contributed by atoms with E-state index in [4.69, 9.17) is 0 Å². The van der Waals surface area contributed by atoms with Gasteiger partial charge in [-0.05, 0) is 66.0 Å². The largest absolute Gasteiger partial charge is 0.309 e. The molecule has 0 aliphatic carbocycles. The smallest absolute Gasteiger partial charge is 0.172 e. The summed E-state index contributed by atoms with van der Waals surface area (Å²) in [7, 11) is 0. The van der Waals surface area contributed by atoms with Crippen LogP contribution in [0.1, 0.15) is 20.8 Å². The quantitative estimate of drug-likeness (QED) is 0.637. The van der Waals surface area contributed by atoms with Gasteiger partial charge in [0, 0.05) is 5.54 Å². The second-order valence-electron chi connectivity index (χ2n) is 3.36. The van der Waals surface area contributed by atoms with Crippen LogP contribution in [0.5, 0.6) is 0 Å². The van der Waals surface area contributed by atoms with Gasteiger partial charge in [0.15, 0.2) is 3.83 Å². The zero-order valence-corrected chi connectivity index (χ0v) is 11.0. The van der Waals surface area contributed by atoms with E-state index in [9.17, 15) is 0 Å². The summed E-state index contributed by atoms with van der Waals surface area (Å²) in [5, 5.41) is 0. The highest BCUT2D eigenvalue weighted by Crippen LogP contribution is 2.21. The molecular weight excluding hydrogens is 366 g/mol. The number of rotatable bonds is 0. The summed E-state index contributed by atoms with van der Waals surface area (Å²) in [6.45, 7) is 6.54. The minimum Gasteiger partial charge on any atom is -0.309 e. The maximum absolute atomic E-state index is 4.22. The van der Waals surface area contributed by atoms with Crippen LogP contribution < -0.4 is 0 Å². The Kier molecular flexibility index (Phi) is 2.83. The predicted octanol–water partition coefficient (Wildman–Crippen LogP) is 2.85. The number of imidazole rings is 1. The van der Waals surface area contributed by atoms with Crippen molar-refractivity contribution in [2.75, 3.05) is 0 Å². The van der Waals surface area contributed by atoms with Crippen molar-refractivity contribution in [2.45, 2.75) is 26.3 Å². The highest BCUT2D eigenvalue weighted by atomic mass is 127. The Labute approximate surface area is 94.1 Å². The van der Waals surface area contributed by atoms with Gasteiger partial charge < -0.3 is 4.57 Å². The summed E-state index contributed by atoms with van der Waals surface area (Å²) in [5.41, 5.74) is 0.142. The topological polar surface area (TPSA) is 17.8 Å². The summed E-state index contributed by atoms with van der Waals surface area (Å²) >= 11 is 4.56. The summed E-state index contributed by atoms with van der Waals surface area (Å²) < 4.78 is 4.47. The molecule has 2 nitrogen and oxygen atoms in total. The first-order valence-corrected chi connectivity index (χ1v) is 5.48. The molecule has 0 amide bonds. The Bertz CT molecular complexity index is 240. The summed E-state index contributed by atoms with van der Waals surface area (Å²) in [4.78, 5) is 4.22. The summed E-state index contributed by atoms with van der Waals surface area (Å²) in [6.07, 6.45) is 1.90. The summed E-state index contributed by atoms with van der Waals surface area (Å²) in [6, 6.07) is 0. The second-order valence-corrected chi connectivity index (χ2v) is 5.43. The van der Waals surface area contributed by atoms with Crippen molar-refractivity contribution in [2.24, 2.45) is 0 Å². The van der Waals surface area contributed by atoms with E-state index in [-0.39, 0.29) is 5.54 Å². The fourth-order valence-corrected chi connectivity index (χ4v) is 3.58. The lowest BCUT2D eigenvalue weighted by atomic mass is 10.1. The van der Waals surface area contributed by atoms with Crippen molar-refractivity contribution in [1.29, 1.82) is 0 Å². The van der Waals surface area contributed by atoms with Gasteiger partial charge in [0.05, 0.1) is 6.20 Å². The molecule has 62 valence electrons. The van der Waals surface area contributed by atoms with Crippen LogP contribution in [0.2, 0.25) is 0 Å². The fourth-order valence-electron chi connectivity index (χ4n) is 0.907. The minimum absolute atomic E-state index is 0.142. The van der Waals surface area contributed by atoms with E-state index in [1.165, 1.54) is 3.70 Å². The molecule has 1 aromatic heterocycles. The van der Waals surface area contributed by atoms with Crippen LogP contribution in [-0.2, 0) is 5.54 Å². The van der Waals surface area contributed by atoms with Crippen molar-refractivity contribution < 1.29 is 0 Å². The molecule has 0 aliphatic rings. The maximum Gasteiger partial charge on any atom is 0.172 e. The van der Waals surface area contributed by atoms with E-state index in [2.05, 4.69) is 75.5 Å². The standard InChI is InChI=1S/C7H10I2N2/c1-7(2,3)11-5(8)4-10-6(11)9/h4H,1-3H3. The van der Waals surface area contributed by atoms with Crippen molar-refractivity contribution in [1.82, 2.24) is 9.55 Å². The fraction of sp³-hybridized carbons (Fsp3) is 0.571. The lowest BCUT2D eigenvalue weighted by Crippen LogP contribution is -2.24. The third kappa shape index (κ3) is 2.07. The summed E-state index contributed by atoms with van der Waals surface area (Å²) in [5.74, 6) is 0. The van der Waals surface area contributed by atoms with Crippen LogP contribution in [0.15, 0.2) is 6.20 Å². The molecule has 4 heteroatoms. The Hall–Kier alpha value is 0.670. The van der Waals surface area contributed by atoms with Gasteiger partial charge in [-0.25, -0.2) is 4.98 Å². The molecule has 0 unspecified atom stereocenters. The number of hydrogen-bond donors (Lipinski definition) is 0. The third-order valence-corrected chi connectivity index (χ3v) is 2.87. The van der Waals surface area contributed by atoms with Crippen molar-refractivity contribution >= 4 is 45.2 Å². The van der Waals surface area contributed by atoms with Crippen LogP contribution in [0.4, 0.5) is 0 Å². The average molecular weight is 376 g/mol. The minimum atomic E-state index is 0.142. The Morgan fingerprint density at radius 2 is 1.91 bits per heavy atom. The van der Waals surface area contributed by atoms with E-state index < -0.39 is 0 Å². The van der Waals surface area contributed by atoms with Crippen LogP contribution in [-0.4, -0.2) is 9.55 Å². The Morgan fingerprint density at radius 3 is 2.09 bits per heavy atom. The van der Waals surface area contributed by atoms with E-state index in [1.54, 1.807) is 0 Å². The highest BCUT2D eigenvalue weighted by molar-refractivity contribution is 14.1. The molecule has 0 bridgehead atoms. The Balaban J connectivity index is 3.21. The maximum atomic E-state index is 4.22. The number of halogens is 2. The van der Waals surface area contributed by atoms with Gasteiger partial charge in [0.2, 0.25) is 0 Å². The van der Waals surface area contributed by atoms with Gasteiger partial charge >= 0.3 is 0 Å². The van der Waals surface area contributed by atoms with Gasteiger partial charge in [-0.2, -0.15) is 0 Å². The van der Waals surface area contributed by atoms with Gasteiger partial charge in [0.1, 0.15) is 3.70 Å². The first-order chi connectivity index (χ1) is 4.93. The van der Waals surface area contributed by atoms with Crippen LogP contribution in [0.3, 0.4) is 0 Å². The molecule has 0 N–H and O–H groups in total. The molecule has 1 rings (SSSR count). The third-order valence-electron chi connectivity index (χ3n) is 1.35. The Morgan fingerprint density at radius 1 is 1.36 bits per heavy atom. The van der Waals surface area contributed by atoms with Gasteiger partial charge in [0.25, 0.3) is 0 Å². The molecule has 0 radical (unpaired) electrons. The molecule has 0 saturated carbocycles. The average Bonchev–Trinajstić information content (AvgIpc) is 2.08. The van der Waals surface area contributed by atoms with E-state index in [0.717, 1.165) is 3.83 Å². The number of nitrogens with zero attached hydrogens (tertiary/aromatic N) is 2. The number of aromatic nitrogens is 2. The molecule has 0 saturated heterocycles. The zero-order valence-electron chi connectivity index (χ0n) is 6.73. The van der Waals surface area contributed by atoms with Crippen LogP contribution >= 0.6 is 45.2 Å². The van der Waals surface area contributed by atoms with Gasteiger partial charge in [-0.3, -0.25) is 0 Å². The second kappa shape index (κ2) is 3.20. The molecule has 0 atom stereocenters. The highest BCUT2D eigenvalue weighted by Gasteiger charge is 2.18. The first kappa shape index (κ1) is 9.76. The molecule has 0 aromatic carbocycles. The molecule has 11 heavy (non-hydrogen) atoms. The van der Waals surface area contributed by atoms with Gasteiger partial charge in [-0.1, -0.05) is 0 Å². The molecule has 0 aliphatic heterocycles. The monoisotopic (exact) mass is 376 g/mol. The van der Waals surface area contributed by atoms with Crippen LogP contribution in [0.25, 0.3) is 0 Å².